The first kappa shape index (κ1) is 30.3. The van der Waals surface area contributed by atoms with E-state index >= 15 is 0 Å². The average molecular weight is 591 g/mol. The number of carbonyl (C=O) groups is 3. The van der Waals surface area contributed by atoms with Crippen LogP contribution in [0.25, 0.3) is 11.6 Å². The number of fused-ring (bicyclic) bond motifs is 1. The van der Waals surface area contributed by atoms with Crippen molar-refractivity contribution in [2.24, 2.45) is 0 Å². The van der Waals surface area contributed by atoms with Crippen LogP contribution in [0.4, 0.5) is 22.7 Å². The first-order valence-electron chi connectivity index (χ1n) is 14.9. The second-order valence-corrected chi connectivity index (χ2v) is 10.7. The van der Waals surface area contributed by atoms with Crippen molar-refractivity contribution in [3.8, 4) is 0 Å². The minimum atomic E-state index is -0.209. The number of nitrogens with one attached hydrogen (secondary N) is 5. The monoisotopic (exact) mass is 590 g/mol. The van der Waals surface area contributed by atoms with E-state index in [4.69, 9.17) is 0 Å². The first-order chi connectivity index (χ1) is 21.3. The SMILES string of the molecule is CCN(CC)CCNC(=O)c1c(C)[nH]c(C=C2C(=O)Nc3cc(Nc4cccc(NC(=O)c5ccccc5)c4)ccc32)c1C. The van der Waals surface area contributed by atoms with Gasteiger partial charge >= 0.3 is 0 Å². The van der Waals surface area contributed by atoms with Gasteiger partial charge in [0.05, 0.1) is 16.8 Å². The zero-order chi connectivity index (χ0) is 31.2. The fourth-order valence-corrected chi connectivity index (χ4v) is 5.41. The maximum absolute atomic E-state index is 13.0. The molecule has 0 bridgehead atoms. The molecule has 0 spiro atoms. The number of nitrogens with zero attached hydrogens (tertiary/aromatic N) is 1. The third kappa shape index (κ3) is 6.74. The lowest BCUT2D eigenvalue weighted by atomic mass is 10.0. The predicted molar refractivity (Wildman–Crippen MR) is 177 cm³/mol. The van der Waals surface area contributed by atoms with Crippen LogP contribution in [0.1, 0.15) is 57.1 Å². The highest BCUT2D eigenvalue weighted by atomic mass is 16.2. The highest BCUT2D eigenvalue weighted by Gasteiger charge is 2.26. The molecule has 226 valence electrons. The second-order valence-electron chi connectivity index (χ2n) is 10.7. The van der Waals surface area contributed by atoms with E-state index in [1.165, 1.54) is 0 Å². The van der Waals surface area contributed by atoms with E-state index in [0.29, 0.717) is 34.6 Å². The summed E-state index contributed by atoms with van der Waals surface area (Å²) in [5.74, 6) is -0.513. The Morgan fingerprint density at radius 1 is 0.864 bits per heavy atom. The van der Waals surface area contributed by atoms with Crippen LogP contribution in [0.2, 0.25) is 0 Å². The summed E-state index contributed by atoms with van der Waals surface area (Å²) >= 11 is 0. The number of aromatic amines is 1. The molecule has 2 heterocycles. The van der Waals surface area contributed by atoms with Crippen molar-refractivity contribution in [3.05, 3.63) is 106 Å². The van der Waals surface area contributed by atoms with Gasteiger partial charge in [-0.3, -0.25) is 14.4 Å². The Balaban J connectivity index is 1.29. The third-order valence-corrected chi connectivity index (χ3v) is 7.85. The van der Waals surface area contributed by atoms with Gasteiger partial charge in [-0.15, -0.1) is 0 Å². The number of likely N-dealkylation sites (N-methyl/N-ethyl adjacent to an activating group) is 1. The molecule has 3 amide bonds. The third-order valence-electron chi connectivity index (χ3n) is 7.85. The summed E-state index contributed by atoms with van der Waals surface area (Å²) in [6.07, 6.45) is 1.81. The van der Waals surface area contributed by atoms with Crippen LogP contribution in [0.3, 0.4) is 0 Å². The summed E-state index contributed by atoms with van der Waals surface area (Å²) in [6, 6.07) is 22.2. The lowest BCUT2D eigenvalue weighted by Gasteiger charge is -2.18. The van der Waals surface area contributed by atoms with E-state index in [1.807, 2.05) is 80.6 Å². The van der Waals surface area contributed by atoms with E-state index in [0.717, 1.165) is 53.5 Å². The molecule has 1 aliphatic heterocycles. The van der Waals surface area contributed by atoms with Crippen molar-refractivity contribution in [3.63, 3.8) is 0 Å². The molecular weight excluding hydrogens is 552 g/mol. The lowest BCUT2D eigenvalue weighted by molar-refractivity contribution is -0.110. The van der Waals surface area contributed by atoms with Gasteiger partial charge in [0, 0.05) is 52.7 Å². The highest BCUT2D eigenvalue weighted by molar-refractivity contribution is 6.35. The lowest BCUT2D eigenvalue weighted by Crippen LogP contribution is -2.35. The Bertz CT molecular complexity index is 1720. The zero-order valence-electron chi connectivity index (χ0n) is 25.5. The summed E-state index contributed by atoms with van der Waals surface area (Å²) in [6.45, 7) is 11.2. The molecule has 0 aliphatic carbocycles. The van der Waals surface area contributed by atoms with Crippen LogP contribution < -0.4 is 21.3 Å². The summed E-state index contributed by atoms with van der Waals surface area (Å²) in [5, 5.41) is 12.3. The Hall–Kier alpha value is -5.15. The molecule has 44 heavy (non-hydrogen) atoms. The molecule has 1 aliphatic rings. The fraction of sp³-hybridized carbons (Fsp3) is 0.229. The predicted octanol–water partition coefficient (Wildman–Crippen LogP) is 6.19. The normalized spacial score (nSPS) is 13.1. The molecular formula is C35H38N6O3. The minimum Gasteiger partial charge on any atom is -0.358 e. The summed E-state index contributed by atoms with van der Waals surface area (Å²) < 4.78 is 0. The standard InChI is InChI=1S/C35H38N6O3/c1-5-41(6-2)18-17-36-35(44)32-22(3)30(37-23(32)4)21-29-28-16-15-27(20-31(28)40-34(29)43)38-25-13-10-14-26(19-25)39-33(42)24-11-8-7-9-12-24/h7-16,19-21,37-38H,5-6,17-18H2,1-4H3,(H,36,44)(H,39,42)(H,40,43). The smallest absolute Gasteiger partial charge is 0.256 e. The molecule has 0 radical (unpaired) electrons. The van der Waals surface area contributed by atoms with Gasteiger partial charge in [-0.05, 0) is 81.0 Å². The number of rotatable bonds is 11. The molecule has 0 atom stereocenters. The summed E-state index contributed by atoms with van der Waals surface area (Å²) in [7, 11) is 0. The van der Waals surface area contributed by atoms with E-state index in [2.05, 4.69) is 45.0 Å². The number of benzene rings is 3. The second kappa shape index (κ2) is 13.4. The molecule has 5 N–H and O–H groups in total. The van der Waals surface area contributed by atoms with Crippen LogP contribution in [-0.4, -0.2) is 53.8 Å². The van der Waals surface area contributed by atoms with Crippen LogP contribution >= 0.6 is 0 Å². The topological polar surface area (TPSA) is 118 Å². The molecule has 0 unspecified atom stereocenters. The number of aryl methyl sites for hydroxylation is 1. The largest absolute Gasteiger partial charge is 0.358 e. The fourth-order valence-electron chi connectivity index (χ4n) is 5.41. The Morgan fingerprint density at radius 2 is 1.59 bits per heavy atom. The van der Waals surface area contributed by atoms with Gasteiger partial charge in [-0.1, -0.05) is 44.2 Å². The molecule has 0 saturated heterocycles. The maximum atomic E-state index is 13.0. The van der Waals surface area contributed by atoms with Crippen LogP contribution in [-0.2, 0) is 4.79 Å². The summed E-state index contributed by atoms with van der Waals surface area (Å²) in [4.78, 5) is 44.2. The number of anilines is 4. The van der Waals surface area contributed by atoms with Gasteiger partial charge < -0.3 is 31.2 Å². The number of carbonyl (C=O) groups excluding carboxylic acids is 3. The molecule has 3 aromatic carbocycles. The van der Waals surface area contributed by atoms with Crippen LogP contribution in [0, 0.1) is 13.8 Å². The van der Waals surface area contributed by atoms with E-state index in [-0.39, 0.29) is 17.7 Å². The van der Waals surface area contributed by atoms with Crippen molar-refractivity contribution >= 4 is 52.1 Å². The molecule has 0 saturated carbocycles. The summed E-state index contributed by atoms with van der Waals surface area (Å²) in [5.41, 5.74) is 7.71. The average Bonchev–Trinajstić information content (AvgIpc) is 3.48. The van der Waals surface area contributed by atoms with E-state index in [1.54, 1.807) is 12.1 Å². The van der Waals surface area contributed by atoms with Crippen molar-refractivity contribution in [1.82, 2.24) is 15.2 Å². The molecule has 5 rings (SSSR count). The van der Waals surface area contributed by atoms with Gasteiger partial charge in [0.1, 0.15) is 0 Å². The molecule has 9 nitrogen and oxygen atoms in total. The van der Waals surface area contributed by atoms with Crippen LogP contribution in [0.5, 0.6) is 0 Å². The number of hydrogen-bond donors (Lipinski definition) is 5. The molecule has 9 heteroatoms. The number of H-pyrrole nitrogens is 1. The van der Waals surface area contributed by atoms with Gasteiger partial charge in [0.2, 0.25) is 0 Å². The van der Waals surface area contributed by atoms with E-state index in [9.17, 15) is 14.4 Å². The number of aromatic nitrogens is 1. The van der Waals surface area contributed by atoms with Crippen molar-refractivity contribution in [2.75, 3.05) is 42.1 Å². The van der Waals surface area contributed by atoms with Crippen molar-refractivity contribution < 1.29 is 14.4 Å². The molecule has 0 fully saturated rings. The molecule has 1 aromatic heterocycles. The minimum absolute atomic E-state index is 0.122. The molecule has 4 aromatic rings. The van der Waals surface area contributed by atoms with Gasteiger partial charge in [-0.25, -0.2) is 0 Å². The van der Waals surface area contributed by atoms with Gasteiger partial charge in [-0.2, -0.15) is 0 Å². The van der Waals surface area contributed by atoms with Crippen LogP contribution in [0.15, 0.2) is 72.8 Å². The quantitative estimate of drug-likeness (QED) is 0.134. The Kier molecular flexibility index (Phi) is 9.26. The van der Waals surface area contributed by atoms with Crippen molar-refractivity contribution in [2.45, 2.75) is 27.7 Å². The Morgan fingerprint density at radius 3 is 2.34 bits per heavy atom. The highest BCUT2D eigenvalue weighted by Crippen LogP contribution is 2.36. The Labute approximate surface area is 257 Å². The zero-order valence-corrected chi connectivity index (χ0v) is 25.5. The number of amides is 3. The van der Waals surface area contributed by atoms with Gasteiger partial charge in [0.25, 0.3) is 17.7 Å². The maximum Gasteiger partial charge on any atom is 0.256 e. The van der Waals surface area contributed by atoms with Crippen molar-refractivity contribution in [1.29, 1.82) is 0 Å². The first-order valence-corrected chi connectivity index (χ1v) is 14.9. The van der Waals surface area contributed by atoms with Gasteiger partial charge in [0.15, 0.2) is 0 Å². The van der Waals surface area contributed by atoms with E-state index < -0.39 is 0 Å². The number of hydrogen-bond acceptors (Lipinski definition) is 5.